The zero-order chi connectivity index (χ0) is 17.5. The molecule has 5 nitrogen and oxygen atoms in total. The second kappa shape index (κ2) is 8.13. The number of carbonyl (C=O) groups excluding carboxylic acids is 1. The summed E-state index contributed by atoms with van der Waals surface area (Å²) in [6, 6.07) is 14.5. The van der Waals surface area contributed by atoms with Gasteiger partial charge in [0.25, 0.3) is 5.91 Å². The second-order valence-electron chi connectivity index (χ2n) is 5.00. The van der Waals surface area contributed by atoms with Crippen LogP contribution >= 0.6 is 11.6 Å². The molecular formula is C19H14ClN3O2. The van der Waals surface area contributed by atoms with E-state index in [1.807, 2.05) is 36.4 Å². The zero-order valence-corrected chi connectivity index (χ0v) is 14.0. The third-order valence-electron chi connectivity index (χ3n) is 3.28. The van der Waals surface area contributed by atoms with Crippen LogP contribution in [0.4, 0.5) is 0 Å². The van der Waals surface area contributed by atoms with Gasteiger partial charge in [-0.05, 0) is 24.3 Å². The van der Waals surface area contributed by atoms with Crippen LogP contribution < -0.4 is 10.1 Å². The summed E-state index contributed by atoms with van der Waals surface area (Å²) in [6.07, 6.45) is 1.45. The van der Waals surface area contributed by atoms with Gasteiger partial charge in [0.05, 0.1) is 28.8 Å². The van der Waals surface area contributed by atoms with E-state index in [-0.39, 0.29) is 24.8 Å². The minimum Gasteiger partial charge on any atom is -0.479 e. The molecule has 0 spiro atoms. The van der Waals surface area contributed by atoms with Gasteiger partial charge in [0.2, 0.25) is 0 Å². The van der Waals surface area contributed by atoms with Gasteiger partial charge < -0.3 is 10.1 Å². The van der Waals surface area contributed by atoms with Gasteiger partial charge in [0.1, 0.15) is 18.1 Å². The fourth-order valence-electron chi connectivity index (χ4n) is 2.07. The normalized spacial score (nSPS) is 9.96. The standard InChI is InChI=1S/C19H14ClN3O2/c20-14-7-1-4-10-18(14)25-12-6-5-11-21-19(24)17-13-22-15-8-2-3-9-16(15)23-17/h1-4,7-10,13H,11-12H2,(H,21,24). The van der Waals surface area contributed by atoms with E-state index in [0.29, 0.717) is 16.3 Å². The van der Waals surface area contributed by atoms with Crippen molar-refractivity contribution < 1.29 is 9.53 Å². The Labute approximate surface area is 150 Å². The fraction of sp³-hybridized carbons (Fsp3) is 0.105. The van der Waals surface area contributed by atoms with Crippen molar-refractivity contribution in [1.29, 1.82) is 0 Å². The van der Waals surface area contributed by atoms with E-state index in [9.17, 15) is 4.79 Å². The van der Waals surface area contributed by atoms with Crippen LogP contribution in [-0.2, 0) is 0 Å². The van der Waals surface area contributed by atoms with Crippen molar-refractivity contribution in [3.8, 4) is 17.6 Å². The lowest BCUT2D eigenvalue weighted by Gasteiger charge is -2.03. The van der Waals surface area contributed by atoms with Crippen LogP contribution in [-0.4, -0.2) is 29.0 Å². The number of hydrogen-bond acceptors (Lipinski definition) is 4. The molecule has 0 fully saturated rings. The van der Waals surface area contributed by atoms with Crippen LogP contribution in [0.5, 0.6) is 5.75 Å². The lowest BCUT2D eigenvalue weighted by Crippen LogP contribution is -2.24. The summed E-state index contributed by atoms with van der Waals surface area (Å²) in [6.45, 7) is 0.384. The number of amides is 1. The van der Waals surface area contributed by atoms with Gasteiger partial charge in [-0.3, -0.25) is 9.78 Å². The van der Waals surface area contributed by atoms with E-state index in [0.717, 1.165) is 5.52 Å². The number of aromatic nitrogens is 2. The van der Waals surface area contributed by atoms with E-state index in [1.54, 1.807) is 12.1 Å². The maximum Gasteiger partial charge on any atom is 0.272 e. The topological polar surface area (TPSA) is 64.1 Å². The highest BCUT2D eigenvalue weighted by molar-refractivity contribution is 6.32. The fourth-order valence-corrected chi connectivity index (χ4v) is 2.26. The molecule has 1 amide bonds. The Morgan fingerprint density at radius 2 is 1.84 bits per heavy atom. The van der Waals surface area contributed by atoms with E-state index >= 15 is 0 Å². The Hall–Kier alpha value is -3.10. The number of nitrogens with one attached hydrogen (secondary N) is 1. The third kappa shape index (κ3) is 4.46. The summed E-state index contributed by atoms with van der Waals surface area (Å²) in [7, 11) is 0. The highest BCUT2D eigenvalue weighted by Gasteiger charge is 2.07. The van der Waals surface area contributed by atoms with Crippen LogP contribution in [0, 0.1) is 11.8 Å². The molecule has 0 aliphatic rings. The lowest BCUT2D eigenvalue weighted by molar-refractivity contribution is 0.0953. The van der Waals surface area contributed by atoms with Crippen molar-refractivity contribution in [3.63, 3.8) is 0 Å². The van der Waals surface area contributed by atoms with Crippen LogP contribution in [0.25, 0.3) is 11.0 Å². The van der Waals surface area contributed by atoms with Crippen LogP contribution in [0.3, 0.4) is 0 Å². The Kier molecular flexibility index (Phi) is 5.45. The molecule has 0 unspecified atom stereocenters. The molecule has 3 rings (SSSR count). The molecule has 2 aromatic carbocycles. The van der Waals surface area contributed by atoms with Crippen molar-refractivity contribution in [1.82, 2.24) is 15.3 Å². The van der Waals surface area contributed by atoms with Crippen molar-refractivity contribution in [2.45, 2.75) is 0 Å². The van der Waals surface area contributed by atoms with Crippen molar-refractivity contribution in [2.75, 3.05) is 13.2 Å². The van der Waals surface area contributed by atoms with E-state index < -0.39 is 0 Å². The van der Waals surface area contributed by atoms with Crippen molar-refractivity contribution in [3.05, 3.63) is 65.4 Å². The van der Waals surface area contributed by atoms with Crippen LogP contribution in [0.1, 0.15) is 10.5 Å². The Bertz CT molecular complexity index is 963. The molecule has 124 valence electrons. The molecule has 0 radical (unpaired) electrons. The smallest absolute Gasteiger partial charge is 0.272 e. The summed E-state index contributed by atoms with van der Waals surface area (Å²) < 4.78 is 5.44. The number of rotatable bonds is 4. The molecule has 0 aliphatic heterocycles. The number of carbonyl (C=O) groups is 1. The summed E-state index contributed by atoms with van der Waals surface area (Å²) in [4.78, 5) is 20.5. The lowest BCUT2D eigenvalue weighted by atomic mass is 10.3. The molecule has 6 heteroatoms. The van der Waals surface area contributed by atoms with Gasteiger partial charge in [0, 0.05) is 0 Å². The van der Waals surface area contributed by atoms with Gasteiger partial charge in [-0.15, -0.1) is 0 Å². The van der Waals surface area contributed by atoms with Crippen LogP contribution in [0.2, 0.25) is 5.02 Å². The average Bonchev–Trinajstić information content (AvgIpc) is 2.65. The predicted molar refractivity (Wildman–Crippen MR) is 96.6 cm³/mol. The molecule has 0 saturated carbocycles. The number of nitrogens with zero attached hydrogens (tertiary/aromatic N) is 2. The van der Waals surface area contributed by atoms with Gasteiger partial charge in [0.15, 0.2) is 0 Å². The first-order chi connectivity index (χ1) is 12.2. The molecule has 1 heterocycles. The molecule has 1 aromatic heterocycles. The molecule has 0 saturated heterocycles. The van der Waals surface area contributed by atoms with Gasteiger partial charge >= 0.3 is 0 Å². The first kappa shape index (κ1) is 16.7. The number of hydrogen-bond donors (Lipinski definition) is 1. The summed E-state index contributed by atoms with van der Waals surface area (Å²) in [5.74, 6) is 5.89. The highest BCUT2D eigenvalue weighted by Crippen LogP contribution is 2.22. The molecule has 1 N–H and O–H groups in total. The third-order valence-corrected chi connectivity index (χ3v) is 3.59. The monoisotopic (exact) mass is 351 g/mol. The van der Waals surface area contributed by atoms with Gasteiger partial charge in [-0.1, -0.05) is 47.7 Å². The molecule has 0 atom stereocenters. The average molecular weight is 352 g/mol. The van der Waals surface area contributed by atoms with Gasteiger partial charge in [-0.25, -0.2) is 4.98 Å². The molecular weight excluding hydrogens is 338 g/mol. The van der Waals surface area contributed by atoms with Gasteiger partial charge in [-0.2, -0.15) is 0 Å². The number of ether oxygens (including phenoxy) is 1. The maximum atomic E-state index is 12.1. The van der Waals surface area contributed by atoms with Crippen molar-refractivity contribution >= 4 is 28.5 Å². The van der Waals surface area contributed by atoms with E-state index in [4.69, 9.17) is 16.3 Å². The largest absolute Gasteiger partial charge is 0.479 e. The Morgan fingerprint density at radius 3 is 2.68 bits per heavy atom. The quantitative estimate of drug-likeness (QED) is 0.734. The van der Waals surface area contributed by atoms with Crippen molar-refractivity contribution in [2.24, 2.45) is 0 Å². The first-order valence-corrected chi connectivity index (χ1v) is 7.95. The molecule has 0 aliphatic carbocycles. The van der Waals surface area contributed by atoms with E-state index in [2.05, 4.69) is 27.1 Å². The number of fused-ring (bicyclic) bond motifs is 1. The number of para-hydroxylation sites is 3. The van der Waals surface area contributed by atoms with Crippen LogP contribution in [0.15, 0.2) is 54.7 Å². The number of halogens is 1. The molecule has 25 heavy (non-hydrogen) atoms. The minimum absolute atomic E-state index is 0.190. The first-order valence-electron chi connectivity index (χ1n) is 7.57. The minimum atomic E-state index is -0.320. The SMILES string of the molecule is O=C(NCC#CCOc1ccccc1Cl)c1cnc2ccccc2n1. The summed E-state index contributed by atoms with van der Waals surface area (Å²) in [5.41, 5.74) is 1.68. The maximum absolute atomic E-state index is 12.1. The zero-order valence-electron chi connectivity index (χ0n) is 13.2. The second-order valence-corrected chi connectivity index (χ2v) is 5.41. The summed E-state index contributed by atoms with van der Waals surface area (Å²) in [5, 5.41) is 3.21. The Balaban J connectivity index is 1.50. The Morgan fingerprint density at radius 1 is 1.08 bits per heavy atom. The molecule has 0 bridgehead atoms. The molecule has 3 aromatic rings. The number of benzene rings is 2. The van der Waals surface area contributed by atoms with E-state index in [1.165, 1.54) is 6.20 Å². The highest BCUT2D eigenvalue weighted by atomic mass is 35.5. The predicted octanol–water partition coefficient (Wildman–Crippen LogP) is 3.10. The summed E-state index contributed by atoms with van der Waals surface area (Å²) >= 11 is 5.97.